The van der Waals surface area contributed by atoms with Crippen LogP contribution in [0, 0.1) is 40.5 Å². The Morgan fingerprint density at radius 3 is 0.844 bits per heavy atom. The summed E-state index contributed by atoms with van der Waals surface area (Å²) in [5.41, 5.74) is 23.4. The maximum atomic E-state index is 10.7. The molecule has 147 heavy (non-hydrogen) atoms. The largest absolute Gasteiger partial charge is 0.508 e. The van der Waals surface area contributed by atoms with Crippen molar-refractivity contribution in [2.75, 3.05) is 19.8 Å². The Bertz CT molecular complexity index is 5030. The minimum absolute atomic E-state index is 0.0328. The molecule has 11 aromatic carbocycles. The quantitative estimate of drug-likeness (QED) is 0.0101. The van der Waals surface area contributed by atoms with Crippen LogP contribution in [0.3, 0.4) is 0 Å². The fourth-order valence-electron chi connectivity index (χ4n) is 16.5. The van der Waals surface area contributed by atoms with E-state index >= 15 is 0 Å². The van der Waals surface area contributed by atoms with Gasteiger partial charge in [-0.05, 0) is 350 Å². The number of phenolic OH excluding ortho intramolecular Hbond substituents is 2. The Balaban J connectivity index is 0.000000352. The molecule has 1 aliphatic carbocycles. The van der Waals surface area contributed by atoms with Crippen LogP contribution in [-0.4, -0.2) is 85.5 Å². The number of hydrogen-bond donors (Lipinski definition) is 8. The Labute approximate surface area is 887 Å². The van der Waals surface area contributed by atoms with Crippen LogP contribution in [0.4, 0.5) is 0 Å². The number of aliphatic hydroxyl groups is 4. The van der Waals surface area contributed by atoms with Crippen molar-refractivity contribution in [2.45, 2.75) is 395 Å². The smallest absolute Gasteiger partial charge is 0.308 e. The monoisotopic (exact) mass is 2020 g/mol. The van der Waals surface area contributed by atoms with Crippen molar-refractivity contribution < 1.29 is 78.8 Å². The molecular formula is C131H188O16. The lowest BCUT2D eigenvalue weighted by atomic mass is 9.87. The van der Waals surface area contributed by atoms with Gasteiger partial charge in [-0.1, -0.05) is 318 Å². The zero-order valence-electron chi connectivity index (χ0n) is 94.8. The van der Waals surface area contributed by atoms with Gasteiger partial charge >= 0.3 is 5.97 Å². The Kier molecular flexibility index (Phi) is 62.7. The second kappa shape index (κ2) is 71.8. The van der Waals surface area contributed by atoms with Crippen molar-refractivity contribution in [3.05, 3.63) is 342 Å². The number of hydrogen-bond acceptors (Lipinski definition) is 16. The maximum absolute atomic E-state index is 10.7. The van der Waals surface area contributed by atoms with Crippen LogP contribution >= 0.6 is 0 Å². The molecule has 16 heteroatoms. The fraction of sp³-hybridized carbons (Fsp3) is 0.489. The van der Waals surface area contributed by atoms with Gasteiger partial charge in [0.05, 0.1) is 46.2 Å². The second-order valence-corrected chi connectivity index (χ2v) is 40.2. The van der Waals surface area contributed by atoms with Gasteiger partial charge in [-0.25, -0.2) is 0 Å². The van der Waals surface area contributed by atoms with E-state index < -0.39 is 0 Å². The van der Waals surface area contributed by atoms with E-state index in [-0.39, 0.29) is 62.8 Å². The molecule has 0 amide bonds. The summed E-state index contributed by atoms with van der Waals surface area (Å²) in [5.74, 6) is 9.49. The van der Waals surface area contributed by atoms with Gasteiger partial charge < -0.3 is 74.0 Å². The van der Waals surface area contributed by atoms with Gasteiger partial charge in [-0.15, -0.1) is 0 Å². The van der Waals surface area contributed by atoms with Gasteiger partial charge in [0.1, 0.15) is 46.0 Å². The molecule has 0 saturated heterocycles. The minimum Gasteiger partial charge on any atom is -0.508 e. The molecular weight excluding hydrogens is 1830 g/mol. The van der Waals surface area contributed by atoms with Gasteiger partial charge in [0.15, 0.2) is 18.9 Å². The molecule has 0 bridgehead atoms. The van der Waals surface area contributed by atoms with Crippen LogP contribution in [-0.2, 0) is 58.3 Å². The van der Waals surface area contributed by atoms with Crippen LogP contribution in [0.15, 0.2) is 231 Å². The van der Waals surface area contributed by atoms with E-state index in [9.17, 15) is 25.2 Å². The van der Waals surface area contributed by atoms with Crippen molar-refractivity contribution >= 4 is 5.97 Å². The minimum atomic E-state index is -0.361. The van der Waals surface area contributed by atoms with Crippen molar-refractivity contribution in [3.8, 4) is 46.0 Å². The van der Waals surface area contributed by atoms with E-state index in [0.717, 1.165) is 87.2 Å². The van der Waals surface area contributed by atoms with E-state index in [2.05, 4.69) is 256 Å². The van der Waals surface area contributed by atoms with Crippen molar-refractivity contribution in [2.24, 2.45) is 5.92 Å². The van der Waals surface area contributed by atoms with Gasteiger partial charge in [0.25, 0.3) is 0 Å². The number of aliphatic hydroxyl groups excluding tert-OH is 4. The first-order valence-electron chi connectivity index (χ1n) is 54.6. The van der Waals surface area contributed by atoms with E-state index in [1.165, 1.54) is 147 Å². The first kappa shape index (κ1) is 128. The van der Waals surface area contributed by atoms with Crippen LogP contribution < -0.4 is 18.9 Å². The molecule has 12 atom stereocenters. The molecule has 0 aliphatic heterocycles. The molecule has 1 aliphatic rings. The highest BCUT2D eigenvalue weighted by molar-refractivity contribution is 5.69. The fourth-order valence-corrected chi connectivity index (χ4v) is 16.5. The molecule has 0 aromatic heterocycles. The lowest BCUT2D eigenvalue weighted by molar-refractivity contribution is -0.131. The van der Waals surface area contributed by atoms with Gasteiger partial charge in [0, 0.05) is 29.2 Å². The summed E-state index contributed by atoms with van der Waals surface area (Å²) in [5, 5.41) is 73.9. The summed E-state index contributed by atoms with van der Waals surface area (Å²) in [6.45, 7) is 58.7. The van der Waals surface area contributed by atoms with E-state index in [1.807, 2.05) is 118 Å². The highest BCUT2D eigenvalue weighted by atomic mass is 16.7. The SMILES string of the molecule is CCC(C)c1ccc(C)cc1.CCC(C)c1ccc(O)c(CO)c1.CCC(C)c1ccc(O)c(CO)c1.CCC(C)c1ccc(O)cc1.CCC(C)c1ccc(O)cc1.CCC(C)c1ccc(OC(C)=O)cc1.CCC(C)c1ccc(OC(C)OCCC2CCCCC2)cc1.CCC(C)c1ccc(OC(C)OCCc2cc(C)cc(C)c2)c(CO)c1.CCC(C)c1ccc(OC(C)OCCc2cc(C)cc(C)c2)c(CO)c1. The second-order valence-electron chi connectivity index (χ2n) is 40.2. The van der Waals surface area contributed by atoms with E-state index in [1.54, 1.807) is 36.4 Å². The van der Waals surface area contributed by atoms with E-state index in [4.69, 9.17) is 53.6 Å². The average molecular weight is 2020 g/mol. The highest BCUT2D eigenvalue weighted by Crippen LogP contribution is 2.35. The normalized spacial score (nSPS) is 13.9. The van der Waals surface area contributed by atoms with Gasteiger partial charge in [-0.3, -0.25) is 4.79 Å². The van der Waals surface area contributed by atoms with E-state index in [0.29, 0.717) is 106 Å². The maximum Gasteiger partial charge on any atom is 0.308 e. The third kappa shape index (κ3) is 49.9. The number of esters is 1. The van der Waals surface area contributed by atoms with Crippen LogP contribution in [0.5, 0.6) is 46.0 Å². The van der Waals surface area contributed by atoms with Crippen molar-refractivity contribution in [3.63, 3.8) is 0 Å². The van der Waals surface area contributed by atoms with Crippen LogP contribution in [0.2, 0.25) is 0 Å². The number of aryl methyl sites for hydroxylation is 5. The summed E-state index contributed by atoms with van der Waals surface area (Å²) in [4.78, 5) is 10.7. The molecule has 1 fully saturated rings. The topological polar surface area (TPSA) is 244 Å². The molecule has 1 saturated carbocycles. The molecule has 808 valence electrons. The standard InChI is InChI=1S/2C23H32O3.C20H32O2.C12H16O2.2C11H16O2.C11H16.2C10H14O/c2*1-6-18(4)21-7-8-23(22(14-21)15-24)26-19(5)25-10-9-20-12-16(2)11-17(3)13-20;1-4-16(2)19-10-12-20(13-11-19)22-17(3)21-15-14-18-8-6-5-7-9-18;1-4-9(2)11-5-7-12(8-6-11)14-10(3)13;2*1-3-8(2)9-4-5-11(13)10(6-9)7-12;1-4-10(3)11-7-5-9(2)6-8-11;2*1-3-8(2)9-4-6-10(11)7-5-9/h2*7-8,11-14,18-19,24H,6,9-10,15H2,1-5H3;10-13,16-18H,4-9,14-15H2,1-3H3;5-9H,4H2,1-3H3;2*4-6,8,12-13H,3,7H2,1-2H3;5-8,10H,4H2,1-3H3;2*4-8,11H,3H2,1-2H3. The molecule has 0 heterocycles. The Hall–Kier alpha value is -10.8. The summed E-state index contributed by atoms with van der Waals surface area (Å²) in [7, 11) is 0. The highest BCUT2D eigenvalue weighted by Gasteiger charge is 2.19. The molecule has 8 N–H and O–H groups in total. The van der Waals surface area contributed by atoms with Crippen molar-refractivity contribution in [1.29, 1.82) is 0 Å². The van der Waals surface area contributed by atoms with Gasteiger partial charge in [-0.2, -0.15) is 0 Å². The third-order valence-corrected chi connectivity index (χ3v) is 28.1. The zero-order valence-corrected chi connectivity index (χ0v) is 94.8. The van der Waals surface area contributed by atoms with Crippen LogP contribution in [0.1, 0.15) is 413 Å². The van der Waals surface area contributed by atoms with Gasteiger partial charge in [0.2, 0.25) is 0 Å². The molecule has 11 aromatic rings. The average Bonchev–Trinajstić information content (AvgIpc) is 0.842. The first-order chi connectivity index (χ1) is 70.2. The number of rotatable bonds is 41. The molecule has 0 spiro atoms. The summed E-state index contributed by atoms with van der Waals surface area (Å²) in [6, 6.07) is 75.9. The number of benzene rings is 11. The first-order valence-corrected chi connectivity index (χ1v) is 54.6. The third-order valence-electron chi connectivity index (χ3n) is 28.1. The number of carbonyl (C=O) groups excluding carboxylic acids is 1. The molecule has 16 nitrogen and oxygen atoms in total. The summed E-state index contributed by atoms with van der Waals surface area (Å²) >= 11 is 0. The lowest BCUT2D eigenvalue weighted by Gasteiger charge is -2.22. The number of aromatic hydroxyl groups is 4. The zero-order chi connectivity index (χ0) is 109. The lowest BCUT2D eigenvalue weighted by Crippen LogP contribution is -2.19. The Morgan fingerprint density at radius 2 is 0.544 bits per heavy atom. The molecule has 0 radical (unpaired) electrons. The predicted molar refractivity (Wildman–Crippen MR) is 611 cm³/mol. The predicted octanol–water partition coefficient (Wildman–Crippen LogP) is 33.7. The van der Waals surface area contributed by atoms with Crippen molar-refractivity contribution in [1.82, 2.24) is 0 Å². The number of phenols is 4. The Morgan fingerprint density at radius 1 is 0.286 bits per heavy atom. The molecule has 12 unspecified atom stereocenters. The number of ether oxygens (including phenoxy) is 7. The molecule has 12 rings (SSSR count). The van der Waals surface area contributed by atoms with Crippen LogP contribution in [0.25, 0.3) is 0 Å². The summed E-state index contributed by atoms with van der Waals surface area (Å²) < 4.78 is 40.1. The summed E-state index contributed by atoms with van der Waals surface area (Å²) in [6.07, 6.45) is 19.1. The number of carbonyl (C=O) groups is 1.